The first kappa shape index (κ1) is 17.8. The molecule has 26 heavy (non-hydrogen) atoms. The van der Waals surface area contributed by atoms with Gasteiger partial charge in [-0.25, -0.2) is 4.79 Å². The second kappa shape index (κ2) is 7.49. The molecule has 2 heterocycles. The summed E-state index contributed by atoms with van der Waals surface area (Å²) in [6, 6.07) is 13.0. The van der Waals surface area contributed by atoms with Crippen molar-refractivity contribution in [2.45, 2.75) is 20.4 Å². The van der Waals surface area contributed by atoms with E-state index in [1.807, 2.05) is 48.9 Å². The summed E-state index contributed by atoms with van der Waals surface area (Å²) in [5, 5.41) is 13.5. The molecule has 3 rings (SSSR count). The molecule has 0 spiro atoms. The normalized spacial score (nSPS) is 11.2. The number of rotatable bonds is 6. The van der Waals surface area contributed by atoms with Gasteiger partial charge < -0.3 is 5.11 Å². The second-order valence-electron chi connectivity index (χ2n) is 5.89. The first-order valence-electron chi connectivity index (χ1n) is 8.09. The first-order chi connectivity index (χ1) is 12.5. The number of carboxylic acid groups (broad SMARTS) is 1. The molecule has 0 bridgehead atoms. The predicted molar refractivity (Wildman–Crippen MR) is 102 cm³/mol. The number of carbonyl (C=O) groups is 2. The number of aryl methyl sites for hydroxylation is 1. The third-order valence-corrected chi connectivity index (χ3v) is 5.16. The Kier molecular flexibility index (Phi) is 5.14. The minimum absolute atomic E-state index is 0.157. The van der Waals surface area contributed by atoms with Crippen LogP contribution in [-0.4, -0.2) is 26.6 Å². The number of benzene rings is 1. The summed E-state index contributed by atoms with van der Waals surface area (Å²) in [6.07, 6.45) is 3.23. The average molecular weight is 366 g/mol. The lowest BCUT2D eigenvalue weighted by atomic mass is 10.1. The highest BCUT2D eigenvalue weighted by molar-refractivity contribution is 7.16. The molecular formula is C20H18N2O3S. The van der Waals surface area contributed by atoms with Gasteiger partial charge in [-0.1, -0.05) is 30.3 Å². The van der Waals surface area contributed by atoms with E-state index in [4.69, 9.17) is 5.11 Å². The van der Waals surface area contributed by atoms with Gasteiger partial charge in [-0.2, -0.15) is 5.10 Å². The number of thiophene rings is 1. The smallest absolute Gasteiger partial charge is 0.345 e. The third-order valence-electron chi connectivity index (χ3n) is 4.07. The third kappa shape index (κ3) is 3.81. The van der Waals surface area contributed by atoms with Crippen LogP contribution in [0.3, 0.4) is 0 Å². The number of ketones is 1. The average Bonchev–Trinajstić information content (AvgIpc) is 3.21. The Morgan fingerprint density at radius 3 is 2.46 bits per heavy atom. The Bertz CT molecular complexity index is 984. The lowest BCUT2D eigenvalue weighted by Crippen LogP contribution is -2.03. The fourth-order valence-corrected chi connectivity index (χ4v) is 3.45. The Labute approximate surface area is 155 Å². The van der Waals surface area contributed by atoms with E-state index in [0.717, 1.165) is 33.9 Å². The lowest BCUT2D eigenvalue weighted by Gasteiger charge is -2.04. The van der Waals surface area contributed by atoms with Gasteiger partial charge in [0, 0.05) is 11.3 Å². The molecule has 2 aromatic heterocycles. The van der Waals surface area contributed by atoms with E-state index in [1.165, 1.54) is 12.1 Å². The lowest BCUT2D eigenvalue weighted by molar-refractivity contribution is 0.0702. The summed E-state index contributed by atoms with van der Waals surface area (Å²) in [5.41, 5.74) is 3.89. The van der Waals surface area contributed by atoms with Crippen molar-refractivity contribution in [1.29, 1.82) is 0 Å². The summed E-state index contributed by atoms with van der Waals surface area (Å²) in [6.45, 7) is 4.55. The minimum Gasteiger partial charge on any atom is -0.477 e. The van der Waals surface area contributed by atoms with Crippen LogP contribution < -0.4 is 0 Å². The Morgan fingerprint density at radius 1 is 1.12 bits per heavy atom. The van der Waals surface area contributed by atoms with Crippen molar-refractivity contribution < 1.29 is 14.7 Å². The molecule has 5 nitrogen and oxygen atoms in total. The second-order valence-corrected chi connectivity index (χ2v) is 6.98. The molecule has 0 fully saturated rings. The van der Waals surface area contributed by atoms with Crippen LogP contribution in [-0.2, 0) is 6.54 Å². The maximum atomic E-state index is 12.3. The quantitative estimate of drug-likeness (QED) is 0.524. The Balaban J connectivity index is 1.79. The van der Waals surface area contributed by atoms with Crippen molar-refractivity contribution in [3.63, 3.8) is 0 Å². The van der Waals surface area contributed by atoms with Crippen molar-refractivity contribution in [1.82, 2.24) is 9.78 Å². The van der Waals surface area contributed by atoms with Crippen molar-refractivity contribution in [3.05, 3.63) is 80.8 Å². The number of hydrogen-bond acceptors (Lipinski definition) is 4. The van der Waals surface area contributed by atoms with E-state index >= 15 is 0 Å². The zero-order valence-electron chi connectivity index (χ0n) is 14.5. The van der Waals surface area contributed by atoms with Gasteiger partial charge in [0.05, 0.1) is 17.1 Å². The van der Waals surface area contributed by atoms with Crippen molar-refractivity contribution in [3.8, 4) is 0 Å². The van der Waals surface area contributed by atoms with E-state index in [9.17, 15) is 9.59 Å². The first-order valence-corrected chi connectivity index (χ1v) is 8.91. The number of aromatic carboxylic acids is 1. The van der Waals surface area contributed by atoms with E-state index in [2.05, 4.69) is 5.10 Å². The number of carbonyl (C=O) groups excluding carboxylic acids is 1. The summed E-state index contributed by atoms with van der Waals surface area (Å²) in [4.78, 5) is 23.8. The highest BCUT2D eigenvalue weighted by Gasteiger charge is 2.13. The van der Waals surface area contributed by atoms with Gasteiger partial charge >= 0.3 is 5.97 Å². The van der Waals surface area contributed by atoms with Gasteiger partial charge in [-0.15, -0.1) is 11.3 Å². The maximum absolute atomic E-state index is 12.3. The zero-order valence-corrected chi connectivity index (χ0v) is 15.3. The van der Waals surface area contributed by atoms with Gasteiger partial charge in [0.25, 0.3) is 0 Å². The molecule has 1 N–H and O–H groups in total. The van der Waals surface area contributed by atoms with Gasteiger partial charge in [0.15, 0.2) is 5.78 Å². The highest BCUT2D eigenvalue weighted by Crippen LogP contribution is 2.20. The monoisotopic (exact) mass is 366 g/mol. The molecule has 3 aromatic rings. The summed E-state index contributed by atoms with van der Waals surface area (Å²) in [5.74, 6) is -1.23. The van der Waals surface area contributed by atoms with Crippen molar-refractivity contribution in [2.24, 2.45) is 0 Å². The van der Waals surface area contributed by atoms with Crippen LogP contribution in [0, 0.1) is 13.8 Å². The zero-order chi connectivity index (χ0) is 18.7. The van der Waals surface area contributed by atoms with Crippen LogP contribution in [0.2, 0.25) is 0 Å². The minimum atomic E-state index is -1.02. The number of carboxylic acids is 1. The van der Waals surface area contributed by atoms with Gasteiger partial charge in [0.2, 0.25) is 0 Å². The van der Waals surface area contributed by atoms with Crippen LogP contribution >= 0.6 is 11.3 Å². The number of hydrogen-bond donors (Lipinski definition) is 1. The summed E-state index contributed by atoms with van der Waals surface area (Å²) >= 11 is 0.978. The van der Waals surface area contributed by atoms with Crippen molar-refractivity contribution in [2.75, 3.05) is 0 Å². The van der Waals surface area contributed by atoms with Crippen LogP contribution in [0.4, 0.5) is 0 Å². The molecule has 0 amide bonds. The van der Waals surface area contributed by atoms with E-state index < -0.39 is 5.97 Å². The standard InChI is InChI=1S/C20H18N2O3S/c1-13-16(8-9-17(23)18-10-11-19(26-18)20(24)25)14(2)22(21-13)12-15-6-4-3-5-7-15/h3-11H,12H2,1-2H3,(H,24,25)/b9-8+. The number of nitrogens with zero attached hydrogens (tertiary/aromatic N) is 2. The van der Waals surface area contributed by atoms with Crippen LogP contribution in [0.25, 0.3) is 6.08 Å². The molecule has 0 unspecified atom stereocenters. The Morgan fingerprint density at radius 2 is 1.81 bits per heavy atom. The molecule has 1 aromatic carbocycles. The van der Waals surface area contributed by atoms with E-state index in [-0.39, 0.29) is 10.7 Å². The molecule has 6 heteroatoms. The van der Waals surface area contributed by atoms with Crippen LogP contribution in [0.15, 0.2) is 48.5 Å². The summed E-state index contributed by atoms with van der Waals surface area (Å²) < 4.78 is 1.92. The molecule has 0 radical (unpaired) electrons. The SMILES string of the molecule is Cc1nn(Cc2ccccc2)c(C)c1/C=C/C(=O)c1ccc(C(=O)O)s1. The molecular weight excluding hydrogens is 348 g/mol. The van der Waals surface area contributed by atoms with Gasteiger partial charge in [0.1, 0.15) is 4.88 Å². The van der Waals surface area contributed by atoms with Crippen molar-refractivity contribution >= 4 is 29.2 Å². The topological polar surface area (TPSA) is 72.2 Å². The molecule has 0 saturated heterocycles. The molecule has 0 aliphatic rings. The van der Waals surface area contributed by atoms with Gasteiger partial charge in [-0.05, 0) is 43.7 Å². The summed E-state index contributed by atoms with van der Waals surface area (Å²) in [7, 11) is 0. The highest BCUT2D eigenvalue weighted by atomic mass is 32.1. The molecule has 0 atom stereocenters. The fraction of sp³-hybridized carbons (Fsp3) is 0.150. The largest absolute Gasteiger partial charge is 0.477 e. The molecule has 0 saturated carbocycles. The van der Waals surface area contributed by atoms with Crippen LogP contribution in [0.1, 0.15) is 41.9 Å². The predicted octanol–water partition coefficient (Wildman–Crippen LogP) is 4.20. The molecule has 0 aliphatic heterocycles. The van der Waals surface area contributed by atoms with E-state index in [1.54, 1.807) is 12.1 Å². The molecule has 0 aliphatic carbocycles. The Hall–Kier alpha value is -2.99. The fourth-order valence-electron chi connectivity index (χ4n) is 2.69. The number of allylic oxidation sites excluding steroid dienone is 1. The van der Waals surface area contributed by atoms with E-state index in [0.29, 0.717) is 11.4 Å². The maximum Gasteiger partial charge on any atom is 0.345 e. The van der Waals surface area contributed by atoms with Gasteiger partial charge in [-0.3, -0.25) is 9.48 Å². The van der Waals surface area contributed by atoms with Crippen LogP contribution in [0.5, 0.6) is 0 Å². The molecule has 132 valence electrons. The number of aromatic nitrogens is 2.